The van der Waals surface area contributed by atoms with E-state index in [2.05, 4.69) is 28.5 Å². The molecule has 130 valence electrons. The zero-order chi connectivity index (χ0) is 17.1. The number of ether oxygens (including phenoxy) is 1. The number of aromatic nitrogens is 1. The molecule has 0 radical (unpaired) electrons. The van der Waals surface area contributed by atoms with Crippen molar-refractivity contribution in [3.8, 4) is 0 Å². The number of hydrogen-bond donors (Lipinski definition) is 1. The van der Waals surface area contributed by atoms with Crippen molar-refractivity contribution in [3.63, 3.8) is 0 Å². The summed E-state index contributed by atoms with van der Waals surface area (Å²) in [5, 5.41) is 3.06. The number of anilines is 1. The van der Waals surface area contributed by atoms with Crippen molar-refractivity contribution >= 4 is 11.7 Å². The second-order valence-electron chi connectivity index (χ2n) is 6.84. The van der Waals surface area contributed by atoms with Crippen molar-refractivity contribution in [2.75, 3.05) is 31.2 Å². The van der Waals surface area contributed by atoms with Gasteiger partial charge in [0.15, 0.2) is 0 Å². The molecule has 0 atom stereocenters. The molecular formula is C20H23N3O2. The Hall–Kier alpha value is -2.40. The summed E-state index contributed by atoms with van der Waals surface area (Å²) in [6.07, 6.45) is 6.34. The number of amides is 2. The number of urea groups is 1. The minimum atomic E-state index is -0.0142. The molecule has 25 heavy (non-hydrogen) atoms. The third-order valence-electron chi connectivity index (χ3n) is 5.33. The van der Waals surface area contributed by atoms with Crippen LogP contribution in [0, 0.1) is 0 Å². The fourth-order valence-corrected chi connectivity index (χ4v) is 3.96. The van der Waals surface area contributed by atoms with Gasteiger partial charge in [0.2, 0.25) is 0 Å². The molecule has 2 amide bonds. The standard InChI is InChI=1S/C20H23N3O2/c24-19(22-11-7-16-4-3-10-21-14-16)23-15-20(8-12-25-13-9-20)17-5-1-2-6-18(17)23/h1-6,10,14H,7-9,11-13,15H2,(H,22,24). The van der Waals surface area contributed by atoms with Crippen molar-refractivity contribution in [2.24, 2.45) is 0 Å². The van der Waals surface area contributed by atoms with Gasteiger partial charge in [0.05, 0.1) is 0 Å². The zero-order valence-electron chi connectivity index (χ0n) is 14.3. The van der Waals surface area contributed by atoms with Crippen LogP contribution in [0.25, 0.3) is 0 Å². The first-order chi connectivity index (χ1) is 12.3. The van der Waals surface area contributed by atoms with Gasteiger partial charge in [0.1, 0.15) is 0 Å². The number of fused-ring (bicyclic) bond motifs is 2. The number of nitrogens with zero attached hydrogens (tertiary/aromatic N) is 2. The summed E-state index contributed by atoms with van der Waals surface area (Å²) in [5.41, 5.74) is 3.52. The number of rotatable bonds is 3. The topological polar surface area (TPSA) is 54.5 Å². The SMILES string of the molecule is O=C(NCCc1cccnc1)N1CC2(CCOCC2)c2ccccc21. The van der Waals surface area contributed by atoms with E-state index in [1.807, 2.05) is 29.3 Å². The highest BCUT2D eigenvalue weighted by Gasteiger charge is 2.45. The largest absolute Gasteiger partial charge is 0.381 e. The Labute approximate surface area is 148 Å². The van der Waals surface area contributed by atoms with Crippen molar-refractivity contribution in [1.82, 2.24) is 10.3 Å². The van der Waals surface area contributed by atoms with Crippen LogP contribution in [-0.4, -0.2) is 37.3 Å². The molecule has 3 heterocycles. The van der Waals surface area contributed by atoms with E-state index < -0.39 is 0 Å². The smallest absolute Gasteiger partial charge is 0.321 e. The lowest BCUT2D eigenvalue weighted by atomic mass is 9.76. The van der Waals surface area contributed by atoms with Crippen molar-refractivity contribution < 1.29 is 9.53 Å². The number of nitrogens with one attached hydrogen (secondary N) is 1. The van der Waals surface area contributed by atoms with E-state index in [4.69, 9.17) is 4.74 Å². The number of hydrogen-bond acceptors (Lipinski definition) is 3. The molecule has 4 rings (SSSR count). The second kappa shape index (κ2) is 6.84. The van der Waals surface area contributed by atoms with Gasteiger partial charge in [-0.15, -0.1) is 0 Å². The lowest BCUT2D eigenvalue weighted by Gasteiger charge is -2.34. The van der Waals surface area contributed by atoms with E-state index in [9.17, 15) is 4.79 Å². The maximum absolute atomic E-state index is 12.8. The van der Waals surface area contributed by atoms with Crippen LogP contribution < -0.4 is 10.2 Å². The first-order valence-corrected chi connectivity index (χ1v) is 8.90. The molecule has 2 aliphatic heterocycles. The summed E-state index contributed by atoms with van der Waals surface area (Å²) in [5.74, 6) is 0. The van der Waals surface area contributed by atoms with Gasteiger partial charge in [-0.3, -0.25) is 9.88 Å². The summed E-state index contributed by atoms with van der Waals surface area (Å²) >= 11 is 0. The van der Waals surface area contributed by atoms with Gasteiger partial charge in [-0.1, -0.05) is 24.3 Å². The van der Waals surface area contributed by atoms with Crippen LogP contribution in [0.5, 0.6) is 0 Å². The highest BCUT2D eigenvalue weighted by atomic mass is 16.5. The maximum Gasteiger partial charge on any atom is 0.321 e. The first-order valence-electron chi connectivity index (χ1n) is 8.90. The molecule has 2 aliphatic rings. The normalized spacial score (nSPS) is 18.2. The Bertz CT molecular complexity index is 742. The van der Waals surface area contributed by atoms with E-state index >= 15 is 0 Å². The minimum Gasteiger partial charge on any atom is -0.381 e. The summed E-state index contributed by atoms with van der Waals surface area (Å²) in [7, 11) is 0. The minimum absolute atomic E-state index is 0.0142. The van der Waals surface area contributed by atoms with Gasteiger partial charge in [0, 0.05) is 49.8 Å². The summed E-state index contributed by atoms with van der Waals surface area (Å²) in [6, 6.07) is 12.2. The Kier molecular flexibility index (Phi) is 4.40. The van der Waals surface area contributed by atoms with Crippen molar-refractivity contribution in [1.29, 1.82) is 0 Å². The molecule has 1 fully saturated rings. The van der Waals surface area contributed by atoms with Crippen LogP contribution >= 0.6 is 0 Å². The highest BCUT2D eigenvalue weighted by molar-refractivity contribution is 5.95. The average Bonchev–Trinajstić information content (AvgIpc) is 2.98. The maximum atomic E-state index is 12.8. The Morgan fingerprint density at radius 3 is 2.84 bits per heavy atom. The Morgan fingerprint density at radius 2 is 2.04 bits per heavy atom. The van der Waals surface area contributed by atoms with E-state index in [1.165, 1.54) is 5.56 Å². The van der Waals surface area contributed by atoms with E-state index in [1.54, 1.807) is 6.20 Å². The van der Waals surface area contributed by atoms with Crippen LogP contribution in [0.4, 0.5) is 10.5 Å². The average molecular weight is 337 g/mol. The number of carbonyl (C=O) groups excluding carboxylic acids is 1. The first kappa shape index (κ1) is 16.1. The molecule has 1 aromatic carbocycles. The number of carbonyl (C=O) groups is 1. The van der Waals surface area contributed by atoms with Gasteiger partial charge < -0.3 is 10.1 Å². The van der Waals surface area contributed by atoms with Crippen LogP contribution in [0.2, 0.25) is 0 Å². The zero-order valence-corrected chi connectivity index (χ0v) is 14.3. The van der Waals surface area contributed by atoms with Crippen LogP contribution in [0.3, 0.4) is 0 Å². The van der Waals surface area contributed by atoms with Gasteiger partial charge in [-0.2, -0.15) is 0 Å². The lowest BCUT2D eigenvalue weighted by molar-refractivity contribution is 0.0556. The van der Waals surface area contributed by atoms with Crippen molar-refractivity contribution in [3.05, 3.63) is 59.9 Å². The quantitative estimate of drug-likeness (QED) is 0.937. The highest BCUT2D eigenvalue weighted by Crippen LogP contribution is 2.46. The summed E-state index contributed by atoms with van der Waals surface area (Å²) < 4.78 is 5.56. The molecule has 0 saturated carbocycles. The predicted octanol–water partition coefficient (Wildman–Crippen LogP) is 2.90. The van der Waals surface area contributed by atoms with E-state index in [0.29, 0.717) is 6.54 Å². The van der Waals surface area contributed by atoms with Crippen LogP contribution in [0.1, 0.15) is 24.0 Å². The van der Waals surface area contributed by atoms with Crippen LogP contribution in [-0.2, 0) is 16.6 Å². The Morgan fingerprint density at radius 1 is 1.20 bits per heavy atom. The molecule has 1 N–H and O–H groups in total. The van der Waals surface area contributed by atoms with Gasteiger partial charge >= 0.3 is 6.03 Å². The molecular weight excluding hydrogens is 314 g/mol. The molecule has 5 heteroatoms. The molecule has 1 spiro atoms. The fourth-order valence-electron chi connectivity index (χ4n) is 3.96. The van der Waals surface area contributed by atoms with Crippen molar-refractivity contribution in [2.45, 2.75) is 24.7 Å². The fraction of sp³-hybridized carbons (Fsp3) is 0.400. The van der Waals surface area contributed by atoms with Gasteiger partial charge in [-0.05, 0) is 42.5 Å². The summed E-state index contributed by atoms with van der Waals surface area (Å²) in [6.45, 7) is 2.89. The number of para-hydroxylation sites is 1. The molecule has 0 aliphatic carbocycles. The van der Waals surface area contributed by atoms with E-state index in [-0.39, 0.29) is 11.4 Å². The molecule has 0 unspecified atom stereocenters. The molecule has 2 aromatic rings. The summed E-state index contributed by atoms with van der Waals surface area (Å²) in [4.78, 5) is 18.8. The van der Waals surface area contributed by atoms with Crippen LogP contribution in [0.15, 0.2) is 48.8 Å². The molecule has 1 aromatic heterocycles. The monoisotopic (exact) mass is 337 g/mol. The lowest BCUT2D eigenvalue weighted by Crippen LogP contribution is -2.45. The number of benzene rings is 1. The second-order valence-corrected chi connectivity index (χ2v) is 6.84. The third kappa shape index (κ3) is 3.12. The van der Waals surface area contributed by atoms with Gasteiger partial charge in [-0.25, -0.2) is 4.79 Å². The predicted molar refractivity (Wildman–Crippen MR) is 96.9 cm³/mol. The molecule has 0 bridgehead atoms. The third-order valence-corrected chi connectivity index (χ3v) is 5.33. The molecule has 1 saturated heterocycles. The van der Waals surface area contributed by atoms with Gasteiger partial charge in [0.25, 0.3) is 0 Å². The van der Waals surface area contributed by atoms with E-state index in [0.717, 1.165) is 50.3 Å². The number of pyridine rings is 1. The Balaban J connectivity index is 1.46. The molecule has 5 nitrogen and oxygen atoms in total.